The van der Waals surface area contributed by atoms with E-state index >= 15 is 0 Å². The van der Waals surface area contributed by atoms with Gasteiger partial charge < -0.3 is 11.1 Å². The summed E-state index contributed by atoms with van der Waals surface area (Å²) in [7, 11) is 0. The maximum absolute atomic E-state index is 11.4. The molecule has 0 saturated carbocycles. The predicted octanol–water partition coefficient (Wildman–Crippen LogP) is 1.33. The van der Waals surface area contributed by atoms with Crippen LogP contribution >= 0.6 is 12.2 Å². The fourth-order valence-corrected chi connectivity index (χ4v) is 1.49. The van der Waals surface area contributed by atoms with Crippen molar-refractivity contribution in [2.75, 3.05) is 6.54 Å². The van der Waals surface area contributed by atoms with Crippen molar-refractivity contribution in [1.29, 1.82) is 0 Å². The summed E-state index contributed by atoms with van der Waals surface area (Å²) in [6, 6.07) is 8.05. The Morgan fingerprint density at radius 1 is 1.44 bits per heavy atom. The molecule has 0 radical (unpaired) electrons. The number of aryl methyl sites for hydroxylation is 2. The number of thiocarbonyl (C=S) groups is 1. The Hall–Kier alpha value is -1.42. The summed E-state index contributed by atoms with van der Waals surface area (Å²) >= 11 is 4.68. The lowest BCUT2D eigenvalue weighted by atomic mass is 10.0. The Morgan fingerprint density at radius 3 is 2.75 bits per heavy atom. The quantitative estimate of drug-likeness (QED) is 0.758. The maximum atomic E-state index is 11.4. The monoisotopic (exact) mass is 236 g/mol. The van der Waals surface area contributed by atoms with Crippen LogP contribution in [-0.4, -0.2) is 17.4 Å². The molecule has 1 aromatic rings. The average Bonchev–Trinajstić information content (AvgIpc) is 2.25. The molecule has 1 aromatic carbocycles. The number of nitrogens with one attached hydrogen (secondary N) is 1. The molecule has 0 spiro atoms. The summed E-state index contributed by atoms with van der Waals surface area (Å²) in [5.74, 6) is -0.0175. The number of carbonyl (C=O) groups is 1. The van der Waals surface area contributed by atoms with Crippen molar-refractivity contribution in [3.63, 3.8) is 0 Å². The van der Waals surface area contributed by atoms with Crippen LogP contribution in [0.3, 0.4) is 0 Å². The van der Waals surface area contributed by atoms with E-state index in [0.29, 0.717) is 11.4 Å². The zero-order valence-electron chi connectivity index (χ0n) is 9.32. The van der Waals surface area contributed by atoms with E-state index in [4.69, 9.17) is 5.73 Å². The summed E-state index contributed by atoms with van der Waals surface area (Å²) in [5.41, 5.74) is 7.70. The van der Waals surface area contributed by atoms with Gasteiger partial charge in [0.2, 0.25) is 5.91 Å². The van der Waals surface area contributed by atoms with Crippen molar-refractivity contribution in [1.82, 2.24) is 5.32 Å². The second-order valence-electron chi connectivity index (χ2n) is 3.67. The molecule has 0 aliphatic rings. The van der Waals surface area contributed by atoms with Crippen LogP contribution in [0.15, 0.2) is 24.3 Å². The molecule has 0 saturated heterocycles. The molecule has 0 unspecified atom stereocenters. The highest BCUT2D eigenvalue weighted by Gasteiger charge is 2.03. The van der Waals surface area contributed by atoms with E-state index in [1.54, 1.807) is 0 Å². The van der Waals surface area contributed by atoms with Crippen LogP contribution in [0.5, 0.6) is 0 Å². The van der Waals surface area contributed by atoms with Gasteiger partial charge in [-0.1, -0.05) is 36.5 Å². The van der Waals surface area contributed by atoms with Gasteiger partial charge in [0.1, 0.15) is 0 Å². The molecule has 0 fully saturated rings. The minimum absolute atomic E-state index is 0.0175. The standard InChI is InChI=1S/C12H16N2OS/c1-9-4-2-3-5-10(9)6-7-12(15)14-8-11(13)16/h2-5H,6-8H2,1H3,(H2,13,16)(H,14,15). The molecule has 16 heavy (non-hydrogen) atoms. The molecule has 0 atom stereocenters. The third-order valence-corrected chi connectivity index (χ3v) is 2.49. The van der Waals surface area contributed by atoms with Gasteiger partial charge in [-0.15, -0.1) is 0 Å². The maximum Gasteiger partial charge on any atom is 0.220 e. The van der Waals surface area contributed by atoms with E-state index in [0.717, 1.165) is 6.42 Å². The molecule has 3 N–H and O–H groups in total. The van der Waals surface area contributed by atoms with E-state index in [9.17, 15) is 4.79 Å². The molecule has 4 heteroatoms. The second-order valence-corrected chi connectivity index (χ2v) is 4.19. The van der Waals surface area contributed by atoms with Crippen molar-refractivity contribution >= 4 is 23.1 Å². The van der Waals surface area contributed by atoms with Crippen LogP contribution in [-0.2, 0) is 11.2 Å². The van der Waals surface area contributed by atoms with Crippen molar-refractivity contribution < 1.29 is 4.79 Å². The normalized spacial score (nSPS) is 9.81. The summed E-state index contributed by atoms with van der Waals surface area (Å²) in [4.78, 5) is 11.7. The lowest BCUT2D eigenvalue weighted by molar-refractivity contribution is -0.120. The Morgan fingerprint density at radius 2 is 2.12 bits per heavy atom. The third kappa shape index (κ3) is 4.40. The predicted molar refractivity (Wildman–Crippen MR) is 69.3 cm³/mol. The van der Waals surface area contributed by atoms with E-state index in [2.05, 4.69) is 17.5 Å². The molecule has 0 aliphatic carbocycles. The van der Waals surface area contributed by atoms with Crippen LogP contribution in [0.1, 0.15) is 17.5 Å². The van der Waals surface area contributed by atoms with E-state index < -0.39 is 0 Å². The number of nitrogens with two attached hydrogens (primary N) is 1. The molecule has 1 rings (SSSR count). The highest BCUT2D eigenvalue weighted by atomic mass is 32.1. The Bertz CT molecular complexity index is 390. The lowest BCUT2D eigenvalue weighted by Crippen LogP contribution is -2.32. The molecule has 1 amide bonds. The van der Waals surface area contributed by atoms with Gasteiger partial charge in [-0.25, -0.2) is 0 Å². The fourth-order valence-electron chi connectivity index (χ4n) is 1.41. The summed E-state index contributed by atoms with van der Waals surface area (Å²) < 4.78 is 0. The van der Waals surface area contributed by atoms with Crippen LogP contribution < -0.4 is 11.1 Å². The second kappa shape index (κ2) is 6.23. The third-order valence-electron chi connectivity index (χ3n) is 2.34. The van der Waals surface area contributed by atoms with Crippen molar-refractivity contribution in [2.24, 2.45) is 5.73 Å². The number of hydrogen-bond acceptors (Lipinski definition) is 2. The first kappa shape index (κ1) is 12.6. The molecule has 3 nitrogen and oxygen atoms in total. The van der Waals surface area contributed by atoms with E-state index in [1.165, 1.54) is 11.1 Å². The van der Waals surface area contributed by atoms with Gasteiger partial charge >= 0.3 is 0 Å². The van der Waals surface area contributed by atoms with Gasteiger partial charge in [-0.3, -0.25) is 4.79 Å². The molecule has 0 aliphatic heterocycles. The average molecular weight is 236 g/mol. The Labute approximate surface area is 101 Å². The first-order valence-corrected chi connectivity index (χ1v) is 5.60. The van der Waals surface area contributed by atoms with Crippen molar-refractivity contribution in [3.05, 3.63) is 35.4 Å². The number of rotatable bonds is 5. The van der Waals surface area contributed by atoms with Crippen LogP contribution in [0, 0.1) is 6.92 Å². The number of amides is 1. The number of hydrogen-bond donors (Lipinski definition) is 2. The molecule has 0 bridgehead atoms. The first-order valence-electron chi connectivity index (χ1n) is 5.19. The topological polar surface area (TPSA) is 55.1 Å². The SMILES string of the molecule is Cc1ccccc1CCC(=O)NCC(N)=S. The lowest BCUT2D eigenvalue weighted by Gasteiger charge is -2.06. The highest BCUT2D eigenvalue weighted by molar-refractivity contribution is 7.80. The van der Waals surface area contributed by atoms with Gasteiger partial charge in [0, 0.05) is 6.42 Å². The minimum Gasteiger partial charge on any atom is -0.392 e. The number of carbonyl (C=O) groups excluding carboxylic acids is 1. The van der Waals surface area contributed by atoms with Crippen LogP contribution in [0.2, 0.25) is 0 Å². The Balaban J connectivity index is 2.37. The minimum atomic E-state index is -0.0175. The zero-order valence-corrected chi connectivity index (χ0v) is 10.1. The van der Waals surface area contributed by atoms with E-state index in [-0.39, 0.29) is 12.5 Å². The summed E-state index contributed by atoms with van der Waals surface area (Å²) in [5, 5.41) is 2.67. The molecular formula is C12H16N2OS. The van der Waals surface area contributed by atoms with Gasteiger partial charge in [0.15, 0.2) is 0 Å². The molecule has 86 valence electrons. The largest absolute Gasteiger partial charge is 0.392 e. The molecular weight excluding hydrogens is 220 g/mol. The van der Waals surface area contributed by atoms with Gasteiger partial charge in [-0.2, -0.15) is 0 Å². The fraction of sp³-hybridized carbons (Fsp3) is 0.333. The smallest absolute Gasteiger partial charge is 0.220 e. The summed E-state index contributed by atoms with van der Waals surface area (Å²) in [6.45, 7) is 2.32. The Kier molecular flexibility index (Phi) is 4.92. The van der Waals surface area contributed by atoms with E-state index in [1.807, 2.05) is 31.2 Å². The molecule has 0 aromatic heterocycles. The molecule has 0 heterocycles. The van der Waals surface area contributed by atoms with Crippen LogP contribution in [0.25, 0.3) is 0 Å². The zero-order chi connectivity index (χ0) is 12.0. The first-order chi connectivity index (χ1) is 7.59. The van der Waals surface area contributed by atoms with Crippen molar-refractivity contribution in [2.45, 2.75) is 19.8 Å². The van der Waals surface area contributed by atoms with Gasteiger partial charge in [-0.05, 0) is 24.5 Å². The van der Waals surface area contributed by atoms with Gasteiger partial charge in [0.05, 0.1) is 11.5 Å². The summed E-state index contributed by atoms with van der Waals surface area (Å²) in [6.07, 6.45) is 1.21. The van der Waals surface area contributed by atoms with Crippen LogP contribution in [0.4, 0.5) is 0 Å². The number of benzene rings is 1. The van der Waals surface area contributed by atoms with Gasteiger partial charge in [0.25, 0.3) is 0 Å². The van der Waals surface area contributed by atoms with Crippen molar-refractivity contribution in [3.8, 4) is 0 Å². The highest BCUT2D eigenvalue weighted by Crippen LogP contribution is 2.09.